The molecule has 4 rings (SSSR count). The maximum Gasteiger partial charge on any atom is 0.199 e. The minimum absolute atomic E-state index is 0.886. The number of hydrogen-bond donors (Lipinski definition) is 0. The smallest absolute Gasteiger partial charge is 0.199 e. The molecule has 0 saturated heterocycles. The predicted octanol–water partition coefficient (Wildman–Crippen LogP) is 8.30. The Hall–Kier alpha value is -3.91. The molecule has 2 nitrogen and oxygen atoms in total. The summed E-state index contributed by atoms with van der Waals surface area (Å²) in [6.45, 7) is 2.24. The minimum Gasteiger partial charge on any atom is -0.456 e. The van der Waals surface area contributed by atoms with Crippen LogP contribution in [-0.4, -0.2) is 24.4 Å². The molecule has 0 spiro atoms. The second kappa shape index (κ2) is 12.7. The molecular formula is C34H36NO+. The van der Waals surface area contributed by atoms with E-state index < -0.39 is 0 Å². The first-order chi connectivity index (χ1) is 17.6. The summed E-state index contributed by atoms with van der Waals surface area (Å²) in [5, 5.41) is 0. The molecule has 0 N–H and O–H groups in total. The van der Waals surface area contributed by atoms with E-state index in [1.165, 1.54) is 40.8 Å². The summed E-state index contributed by atoms with van der Waals surface area (Å²) < 4.78 is 8.67. The van der Waals surface area contributed by atoms with Gasteiger partial charge in [0.1, 0.15) is 25.6 Å². The van der Waals surface area contributed by atoms with Crippen LogP contribution in [-0.2, 0) is 4.74 Å². The zero-order chi connectivity index (χ0) is 25.2. The summed E-state index contributed by atoms with van der Waals surface area (Å²) in [5.41, 5.74) is 7.05. The number of hydrogen-bond acceptors (Lipinski definition) is 1. The lowest BCUT2D eigenvalue weighted by atomic mass is 9.97. The Labute approximate surface area is 216 Å². The van der Waals surface area contributed by atoms with Crippen molar-refractivity contribution in [3.8, 4) is 0 Å². The highest BCUT2D eigenvalue weighted by Gasteiger charge is 2.16. The summed E-state index contributed by atoms with van der Waals surface area (Å²) in [4.78, 5) is 0. The van der Waals surface area contributed by atoms with Crippen molar-refractivity contribution in [3.05, 3.63) is 143 Å². The van der Waals surface area contributed by atoms with Crippen molar-refractivity contribution in [3.63, 3.8) is 0 Å². The first-order valence-electron chi connectivity index (χ1n) is 12.9. The van der Waals surface area contributed by atoms with Crippen molar-refractivity contribution < 1.29 is 9.31 Å². The lowest BCUT2D eigenvalue weighted by Crippen LogP contribution is -2.09. The predicted molar refractivity (Wildman–Crippen MR) is 154 cm³/mol. The summed E-state index contributed by atoms with van der Waals surface area (Å²) in [6.07, 6.45) is 24.0. The SMILES string of the molecule is CCCCCC(C=CC=C1C=CC(=[N+](C)C)C=C1)=C1C=C(c2ccccc2)C=C(c2ccccc2)O1. The van der Waals surface area contributed by atoms with Crippen molar-refractivity contribution >= 4 is 17.0 Å². The van der Waals surface area contributed by atoms with Crippen LogP contribution in [0.25, 0.3) is 11.3 Å². The van der Waals surface area contributed by atoms with Crippen molar-refractivity contribution in [1.29, 1.82) is 0 Å². The highest BCUT2D eigenvalue weighted by atomic mass is 16.5. The van der Waals surface area contributed by atoms with Crippen molar-refractivity contribution in [2.75, 3.05) is 14.1 Å². The zero-order valence-electron chi connectivity index (χ0n) is 21.7. The Morgan fingerprint density at radius 2 is 1.47 bits per heavy atom. The van der Waals surface area contributed by atoms with Gasteiger partial charge in [0.25, 0.3) is 0 Å². The fourth-order valence-electron chi connectivity index (χ4n) is 4.21. The molecule has 0 saturated carbocycles. The first kappa shape index (κ1) is 25.2. The average molecular weight is 475 g/mol. The largest absolute Gasteiger partial charge is 0.456 e. The fourth-order valence-corrected chi connectivity index (χ4v) is 4.21. The first-order valence-corrected chi connectivity index (χ1v) is 12.9. The van der Waals surface area contributed by atoms with Crippen molar-refractivity contribution in [1.82, 2.24) is 0 Å². The van der Waals surface area contributed by atoms with Crippen LogP contribution in [0.3, 0.4) is 0 Å². The molecular weight excluding hydrogens is 438 g/mol. The van der Waals surface area contributed by atoms with Gasteiger partial charge in [0.2, 0.25) is 0 Å². The topological polar surface area (TPSA) is 12.2 Å². The van der Waals surface area contributed by atoms with E-state index in [2.05, 4.69) is 135 Å². The van der Waals surface area contributed by atoms with Crippen LogP contribution in [0.4, 0.5) is 0 Å². The van der Waals surface area contributed by atoms with Crippen LogP contribution in [0.2, 0.25) is 0 Å². The molecule has 182 valence electrons. The van der Waals surface area contributed by atoms with Gasteiger partial charge in [-0.25, -0.2) is 4.58 Å². The van der Waals surface area contributed by atoms with Gasteiger partial charge in [-0.3, -0.25) is 0 Å². The van der Waals surface area contributed by atoms with Gasteiger partial charge in [0.15, 0.2) is 5.71 Å². The Morgan fingerprint density at radius 3 is 2.11 bits per heavy atom. The molecule has 0 radical (unpaired) electrons. The van der Waals surface area contributed by atoms with E-state index in [4.69, 9.17) is 4.74 Å². The Balaban J connectivity index is 1.70. The number of allylic oxidation sites excluding steroid dienone is 12. The molecule has 0 unspecified atom stereocenters. The van der Waals surface area contributed by atoms with Gasteiger partial charge in [-0.15, -0.1) is 0 Å². The monoisotopic (exact) mass is 474 g/mol. The normalized spacial score (nSPS) is 16.5. The van der Waals surface area contributed by atoms with Crippen LogP contribution in [0.15, 0.2) is 132 Å². The maximum atomic E-state index is 6.56. The molecule has 0 atom stereocenters. The summed E-state index contributed by atoms with van der Waals surface area (Å²) in [6, 6.07) is 20.9. The molecule has 1 aliphatic heterocycles. The summed E-state index contributed by atoms with van der Waals surface area (Å²) >= 11 is 0. The maximum absolute atomic E-state index is 6.56. The molecule has 2 aliphatic rings. The van der Waals surface area contributed by atoms with Crippen LogP contribution >= 0.6 is 0 Å². The molecule has 0 fully saturated rings. The molecule has 1 heterocycles. The number of rotatable bonds is 8. The molecule has 0 amide bonds. The lowest BCUT2D eigenvalue weighted by molar-refractivity contribution is -0.462. The van der Waals surface area contributed by atoms with Crippen LogP contribution in [0.1, 0.15) is 43.7 Å². The molecule has 1 aliphatic carbocycles. The third-order valence-electron chi connectivity index (χ3n) is 6.32. The van der Waals surface area contributed by atoms with E-state index in [-0.39, 0.29) is 0 Å². The van der Waals surface area contributed by atoms with Crippen molar-refractivity contribution in [2.45, 2.75) is 32.6 Å². The van der Waals surface area contributed by atoms with Gasteiger partial charge >= 0.3 is 0 Å². The zero-order valence-corrected chi connectivity index (χ0v) is 21.7. The number of nitrogens with zero attached hydrogens (tertiary/aromatic N) is 1. The lowest BCUT2D eigenvalue weighted by Gasteiger charge is -2.21. The van der Waals surface area contributed by atoms with Gasteiger partial charge in [0, 0.05) is 17.7 Å². The average Bonchev–Trinajstić information content (AvgIpc) is 2.93. The van der Waals surface area contributed by atoms with E-state index in [1.807, 2.05) is 6.07 Å². The number of unbranched alkanes of at least 4 members (excludes halogenated alkanes) is 2. The van der Waals surface area contributed by atoms with E-state index >= 15 is 0 Å². The molecule has 36 heavy (non-hydrogen) atoms. The molecule has 2 heteroatoms. The second-order valence-electron chi connectivity index (χ2n) is 9.30. The minimum atomic E-state index is 0.886. The van der Waals surface area contributed by atoms with E-state index in [0.717, 1.165) is 29.9 Å². The van der Waals surface area contributed by atoms with Gasteiger partial charge in [-0.05, 0) is 59.4 Å². The fraction of sp³-hybridized carbons (Fsp3) is 0.206. The Morgan fingerprint density at radius 1 is 0.806 bits per heavy atom. The van der Waals surface area contributed by atoms with Gasteiger partial charge in [0.05, 0.1) is 0 Å². The summed E-state index contributed by atoms with van der Waals surface area (Å²) in [7, 11) is 4.12. The Kier molecular flexibility index (Phi) is 8.88. The highest BCUT2D eigenvalue weighted by molar-refractivity contribution is 6.02. The van der Waals surface area contributed by atoms with Crippen LogP contribution < -0.4 is 0 Å². The third-order valence-corrected chi connectivity index (χ3v) is 6.32. The molecule has 0 bridgehead atoms. The highest BCUT2D eigenvalue weighted by Crippen LogP contribution is 2.34. The number of ether oxygens (including phenoxy) is 1. The van der Waals surface area contributed by atoms with E-state index in [9.17, 15) is 0 Å². The van der Waals surface area contributed by atoms with Crippen molar-refractivity contribution in [2.24, 2.45) is 0 Å². The standard InChI is InChI=1S/C34H36NO/c1-4-5-8-17-30(20-13-14-27-21-23-32(24-22-27)35(2)3)34-26-31(28-15-9-6-10-16-28)25-33(36-34)29-18-11-7-12-19-29/h6-7,9-16,18-26H,4-5,8,17H2,1-3H3/q+1. The van der Waals surface area contributed by atoms with Gasteiger partial charge < -0.3 is 4.74 Å². The van der Waals surface area contributed by atoms with Crippen LogP contribution in [0, 0.1) is 0 Å². The third kappa shape index (κ3) is 6.82. The Bertz CT molecular complexity index is 1270. The van der Waals surface area contributed by atoms with Gasteiger partial charge in [-0.2, -0.15) is 0 Å². The molecule has 2 aromatic carbocycles. The molecule has 0 aromatic heterocycles. The van der Waals surface area contributed by atoms with Crippen LogP contribution in [0.5, 0.6) is 0 Å². The molecule has 2 aromatic rings. The van der Waals surface area contributed by atoms with Gasteiger partial charge in [-0.1, -0.05) is 98.7 Å². The van der Waals surface area contributed by atoms with E-state index in [1.54, 1.807) is 0 Å². The summed E-state index contributed by atoms with van der Waals surface area (Å²) in [5.74, 6) is 1.82. The van der Waals surface area contributed by atoms with E-state index in [0.29, 0.717) is 0 Å². The number of benzene rings is 2. The quantitative estimate of drug-likeness (QED) is 0.277. The second-order valence-corrected chi connectivity index (χ2v) is 9.30.